The molecule has 1 aliphatic rings. The summed E-state index contributed by atoms with van der Waals surface area (Å²) in [7, 11) is 1.65. The Labute approximate surface area is 177 Å². The Balaban J connectivity index is 1.85. The van der Waals surface area contributed by atoms with Gasteiger partial charge in [-0.15, -0.1) is 0 Å². The molecule has 8 heteroatoms. The maximum atomic E-state index is 14.0. The number of amides is 2. The summed E-state index contributed by atoms with van der Waals surface area (Å²) in [6.07, 6.45) is 1.06. The Bertz CT molecular complexity index is 710. The van der Waals surface area contributed by atoms with Crippen LogP contribution in [0.25, 0.3) is 0 Å². The number of ether oxygens (including phenoxy) is 1. The first-order valence-electron chi connectivity index (χ1n) is 9.89. The second-order valence-corrected chi connectivity index (χ2v) is 8.93. The SMILES string of the molecule is CC(C(=O)N(C)Cc1c(F)cccc1Cl)N1CCC(NC(=O)OC(C)(C)C)CC1. The van der Waals surface area contributed by atoms with Crippen LogP contribution in [0.3, 0.4) is 0 Å². The summed E-state index contributed by atoms with van der Waals surface area (Å²) in [4.78, 5) is 28.3. The second-order valence-electron chi connectivity index (χ2n) is 8.53. The predicted octanol–water partition coefficient (Wildman–Crippen LogP) is 3.82. The van der Waals surface area contributed by atoms with E-state index in [1.165, 1.54) is 11.0 Å². The molecule has 2 rings (SSSR count). The molecule has 0 radical (unpaired) electrons. The van der Waals surface area contributed by atoms with Gasteiger partial charge in [0.2, 0.25) is 5.91 Å². The first-order valence-corrected chi connectivity index (χ1v) is 10.3. The van der Waals surface area contributed by atoms with Gasteiger partial charge in [-0.3, -0.25) is 9.69 Å². The molecule has 0 bridgehead atoms. The van der Waals surface area contributed by atoms with Gasteiger partial charge in [-0.25, -0.2) is 9.18 Å². The van der Waals surface area contributed by atoms with Crippen LogP contribution in [0.4, 0.5) is 9.18 Å². The molecule has 0 saturated carbocycles. The van der Waals surface area contributed by atoms with Crippen molar-refractivity contribution in [2.24, 2.45) is 0 Å². The molecule has 6 nitrogen and oxygen atoms in total. The van der Waals surface area contributed by atoms with Crippen molar-refractivity contribution >= 4 is 23.6 Å². The number of likely N-dealkylation sites (tertiary alicyclic amines) is 1. The lowest BCUT2D eigenvalue weighted by molar-refractivity contribution is -0.136. The van der Waals surface area contributed by atoms with E-state index in [0.717, 1.165) is 12.8 Å². The van der Waals surface area contributed by atoms with Crippen molar-refractivity contribution in [2.45, 2.75) is 64.8 Å². The zero-order chi connectivity index (χ0) is 21.8. The van der Waals surface area contributed by atoms with Crippen molar-refractivity contribution in [1.82, 2.24) is 15.1 Å². The molecular formula is C21H31ClFN3O3. The number of hydrogen-bond acceptors (Lipinski definition) is 4. The lowest BCUT2D eigenvalue weighted by Gasteiger charge is -2.37. The highest BCUT2D eigenvalue weighted by atomic mass is 35.5. The summed E-state index contributed by atoms with van der Waals surface area (Å²) >= 11 is 6.07. The molecule has 1 N–H and O–H groups in total. The Morgan fingerprint density at radius 2 is 1.97 bits per heavy atom. The molecule has 0 spiro atoms. The van der Waals surface area contributed by atoms with Crippen molar-refractivity contribution in [3.05, 3.63) is 34.6 Å². The number of carbonyl (C=O) groups excluding carboxylic acids is 2. The van der Waals surface area contributed by atoms with Crippen LogP contribution >= 0.6 is 11.6 Å². The minimum Gasteiger partial charge on any atom is -0.444 e. The highest BCUT2D eigenvalue weighted by Crippen LogP contribution is 2.21. The third-order valence-corrected chi connectivity index (χ3v) is 5.34. The number of hydrogen-bond donors (Lipinski definition) is 1. The Morgan fingerprint density at radius 1 is 1.34 bits per heavy atom. The van der Waals surface area contributed by atoms with Gasteiger partial charge in [0.25, 0.3) is 0 Å². The largest absolute Gasteiger partial charge is 0.444 e. The first kappa shape index (κ1) is 23.4. The number of nitrogens with zero attached hydrogens (tertiary/aromatic N) is 2. The van der Waals surface area contributed by atoms with Gasteiger partial charge >= 0.3 is 6.09 Å². The Kier molecular flexibility index (Phi) is 7.88. The lowest BCUT2D eigenvalue weighted by atomic mass is 10.0. The molecule has 1 aliphatic heterocycles. The highest BCUT2D eigenvalue weighted by molar-refractivity contribution is 6.31. The first-order chi connectivity index (χ1) is 13.5. The Hall–Kier alpha value is -1.86. The van der Waals surface area contributed by atoms with Crippen LogP contribution in [0.15, 0.2) is 18.2 Å². The van der Waals surface area contributed by atoms with Gasteiger partial charge in [-0.05, 0) is 52.7 Å². The molecule has 2 amide bonds. The third kappa shape index (κ3) is 6.85. The molecule has 1 aromatic rings. The van der Waals surface area contributed by atoms with Crippen LogP contribution in [-0.4, -0.2) is 59.6 Å². The molecule has 1 saturated heterocycles. The fraction of sp³-hybridized carbons (Fsp3) is 0.619. The quantitative estimate of drug-likeness (QED) is 0.776. The van der Waals surface area contributed by atoms with Crippen LogP contribution in [0.2, 0.25) is 5.02 Å². The van der Waals surface area contributed by atoms with E-state index in [0.29, 0.717) is 23.7 Å². The number of halogens is 2. The van der Waals surface area contributed by atoms with Crippen LogP contribution in [0, 0.1) is 5.82 Å². The summed E-state index contributed by atoms with van der Waals surface area (Å²) in [6, 6.07) is 4.18. The monoisotopic (exact) mass is 427 g/mol. The summed E-state index contributed by atoms with van der Waals surface area (Å²) < 4.78 is 19.3. The van der Waals surface area contributed by atoms with Crippen molar-refractivity contribution in [2.75, 3.05) is 20.1 Å². The summed E-state index contributed by atoms with van der Waals surface area (Å²) in [5.41, 5.74) is -0.213. The number of piperidine rings is 1. The summed E-state index contributed by atoms with van der Waals surface area (Å²) in [5.74, 6) is -0.512. The number of alkyl carbamates (subject to hydrolysis) is 1. The number of benzene rings is 1. The number of nitrogens with one attached hydrogen (secondary N) is 1. The minimum atomic E-state index is -0.530. The topological polar surface area (TPSA) is 61.9 Å². The van der Waals surface area contributed by atoms with E-state index in [1.807, 2.05) is 27.7 Å². The number of carbonyl (C=O) groups is 2. The maximum absolute atomic E-state index is 14.0. The van der Waals surface area contributed by atoms with E-state index in [4.69, 9.17) is 16.3 Å². The zero-order valence-electron chi connectivity index (χ0n) is 17.8. The standard InChI is InChI=1S/C21H31ClFN3O3/c1-14(19(27)25(5)13-16-17(22)7-6-8-18(16)23)26-11-9-15(10-12-26)24-20(28)29-21(2,3)4/h6-8,14-15H,9-13H2,1-5H3,(H,24,28). The summed E-state index contributed by atoms with van der Waals surface area (Å²) in [6.45, 7) is 8.81. The van der Waals surface area contributed by atoms with Crippen molar-refractivity contribution in [1.29, 1.82) is 0 Å². The van der Waals surface area contributed by atoms with Gasteiger partial charge in [0.15, 0.2) is 0 Å². The fourth-order valence-corrected chi connectivity index (χ4v) is 3.60. The highest BCUT2D eigenvalue weighted by Gasteiger charge is 2.30. The molecule has 1 aromatic carbocycles. The van der Waals surface area contributed by atoms with E-state index >= 15 is 0 Å². The van der Waals surface area contributed by atoms with E-state index in [2.05, 4.69) is 10.2 Å². The van der Waals surface area contributed by atoms with E-state index < -0.39 is 17.5 Å². The molecule has 29 heavy (non-hydrogen) atoms. The average molecular weight is 428 g/mol. The number of likely N-dealkylation sites (N-methyl/N-ethyl adjacent to an activating group) is 1. The van der Waals surface area contributed by atoms with Crippen molar-refractivity contribution < 1.29 is 18.7 Å². The molecule has 162 valence electrons. The van der Waals surface area contributed by atoms with Gasteiger partial charge in [0, 0.05) is 43.3 Å². The molecule has 0 aliphatic carbocycles. The minimum absolute atomic E-state index is 0.0263. The third-order valence-electron chi connectivity index (χ3n) is 4.99. The Morgan fingerprint density at radius 3 is 2.52 bits per heavy atom. The summed E-state index contributed by atoms with van der Waals surface area (Å²) in [5, 5.41) is 3.20. The maximum Gasteiger partial charge on any atom is 0.407 e. The van der Waals surface area contributed by atoms with Gasteiger partial charge in [0.05, 0.1) is 6.04 Å². The molecule has 0 aromatic heterocycles. The molecule has 1 fully saturated rings. The van der Waals surface area contributed by atoms with Crippen LogP contribution < -0.4 is 5.32 Å². The molecule has 1 unspecified atom stereocenters. The lowest BCUT2D eigenvalue weighted by Crippen LogP contribution is -2.52. The molecule has 1 atom stereocenters. The average Bonchev–Trinajstić information content (AvgIpc) is 2.62. The van der Waals surface area contributed by atoms with Crippen LogP contribution in [-0.2, 0) is 16.1 Å². The van der Waals surface area contributed by atoms with Gasteiger partial charge in [-0.2, -0.15) is 0 Å². The molecular weight excluding hydrogens is 397 g/mol. The van der Waals surface area contributed by atoms with Crippen molar-refractivity contribution in [3.8, 4) is 0 Å². The normalized spacial score (nSPS) is 16.9. The van der Waals surface area contributed by atoms with E-state index in [1.54, 1.807) is 19.2 Å². The van der Waals surface area contributed by atoms with Crippen LogP contribution in [0.5, 0.6) is 0 Å². The van der Waals surface area contributed by atoms with Gasteiger partial charge in [0.1, 0.15) is 11.4 Å². The van der Waals surface area contributed by atoms with E-state index in [9.17, 15) is 14.0 Å². The predicted molar refractivity (Wildman–Crippen MR) is 111 cm³/mol. The number of rotatable bonds is 5. The van der Waals surface area contributed by atoms with Gasteiger partial charge < -0.3 is 15.0 Å². The van der Waals surface area contributed by atoms with Crippen LogP contribution in [0.1, 0.15) is 46.1 Å². The smallest absolute Gasteiger partial charge is 0.407 e. The van der Waals surface area contributed by atoms with E-state index in [-0.39, 0.29) is 24.5 Å². The van der Waals surface area contributed by atoms with Gasteiger partial charge in [-0.1, -0.05) is 17.7 Å². The van der Waals surface area contributed by atoms with Crippen molar-refractivity contribution in [3.63, 3.8) is 0 Å². The zero-order valence-corrected chi connectivity index (χ0v) is 18.6. The fourth-order valence-electron chi connectivity index (χ4n) is 3.38. The molecule has 1 heterocycles. The second kappa shape index (κ2) is 9.76.